The minimum atomic E-state index is -1.09. The fourth-order valence-corrected chi connectivity index (χ4v) is 2.57. The second kappa shape index (κ2) is 4.83. The molecule has 1 N–H and O–H groups in total. The van der Waals surface area contributed by atoms with Gasteiger partial charge in [-0.3, -0.25) is 4.79 Å². The monoisotopic (exact) mass is 254 g/mol. The van der Waals surface area contributed by atoms with Gasteiger partial charge in [-0.25, -0.2) is 9.78 Å². The van der Waals surface area contributed by atoms with E-state index in [2.05, 4.69) is 11.9 Å². The van der Waals surface area contributed by atoms with Crippen LogP contribution in [-0.2, 0) is 0 Å². The summed E-state index contributed by atoms with van der Waals surface area (Å²) in [5, 5.41) is 10.4. The molecule has 0 unspecified atom stereocenters. The van der Waals surface area contributed by atoms with Crippen LogP contribution in [0.5, 0.6) is 0 Å². The second-order valence-corrected chi connectivity index (χ2v) is 5.18. The molecule has 17 heavy (non-hydrogen) atoms. The van der Waals surface area contributed by atoms with E-state index in [9.17, 15) is 9.59 Å². The van der Waals surface area contributed by atoms with E-state index < -0.39 is 5.97 Å². The molecule has 1 aliphatic rings. The van der Waals surface area contributed by atoms with Crippen LogP contribution in [0.15, 0.2) is 5.38 Å². The molecule has 0 spiro atoms. The first-order valence-electron chi connectivity index (χ1n) is 5.56. The van der Waals surface area contributed by atoms with Crippen LogP contribution in [0.3, 0.4) is 0 Å². The van der Waals surface area contributed by atoms with Gasteiger partial charge in [0.15, 0.2) is 10.7 Å². The Morgan fingerprint density at radius 3 is 2.65 bits per heavy atom. The van der Waals surface area contributed by atoms with Gasteiger partial charge in [-0.2, -0.15) is 0 Å². The molecular formula is C11H14N2O3S. The minimum Gasteiger partial charge on any atom is -0.476 e. The fraction of sp³-hybridized carbons (Fsp3) is 0.545. The van der Waals surface area contributed by atoms with Crippen molar-refractivity contribution in [3.05, 3.63) is 16.1 Å². The van der Waals surface area contributed by atoms with Gasteiger partial charge in [0.1, 0.15) is 0 Å². The maximum atomic E-state index is 12.0. The Labute approximate surface area is 103 Å². The van der Waals surface area contributed by atoms with Gasteiger partial charge in [0.05, 0.1) is 0 Å². The summed E-state index contributed by atoms with van der Waals surface area (Å²) in [7, 11) is 0. The summed E-state index contributed by atoms with van der Waals surface area (Å²) in [5.41, 5.74) is -0.0521. The predicted octanol–water partition coefficient (Wildman–Crippen LogP) is 1.71. The molecule has 1 aliphatic heterocycles. The molecule has 2 heterocycles. The van der Waals surface area contributed by atoms with Crippen molar-refractivity contribution in [2.45, 2.75) is 19.8 Å². The quantitative estimate of drug-likeness (QED) is 0.872. The van der Waals surface area contributed by atoms with Crippen LogP contribution in [0.4, 0.5) is 0 Å². The van der Waals surface area contributed by atoms with Crippen molar-refractivity contribution in [1.82, 2.24) is 9.88 Å². The van der Waals surface area contributed by atoms with Crippen molar-refractivity contribution < 1.29 is 14.7 Å². The number of rotatable bonds is 2. The van der Waals surface area contributed by atoms with Crippen molar-refractivity contribution in [2.75, 3.05) is 13.1 Å². The number of carboxylic acids is 1. The van der Waals surface area contributed by atoms with Gasteiger partial charge in [-0.15, -0.1) is 11.3 Å². The molecule has 6 heteroatoms. The van der Waals surface area contributed by atoms with Crippen molar-refractivity contribution >= 4 is 23.2 Å². The number of carbonyl (C=O) groups excluding carboxylic acids is 1. The van der Waals surface area contributed by atoms with Crippen molar-refractivity contribution in [1.29, 1.82) is 0 Å². The lowest BCUT2D eigenvalue weighted by Gasteiger charge is -2.29. The van der Waals surface area contributed by atoms with Gasteiger partial charge in [0, 0.05) is 18.5 Å². The van der Waals surface area contributed by atoms with Crippen LogP contribution in [0.2, 0.25) is 0 Å². The molecule has 1 fully saturated rings. The van der Waals surface area contributed by atoms with E-state index in [0.717, 1.165) is 37.3 Å². The van der Waals surface area contributed by atoms with E-state index in [1.807, 2.05) is 0 Å². The van der Waals surface area contributed by atoms with Gasteiger partial charge in [0.2, 0.25) is 0 Å². The first-order chi connectivity index (χ1) is 8.08. The van der Waals surface area contributed by atoms with Gasteiger partial charge in [-0.1, -0.05) is 6.92 Å². The van der Waals surface area contributed by atoms with Crippen molar-refractivity contribution in [3.8, 4) is 0 Å². The minimum absolute atomic E-state index is 0.0521. The van der Waals surface area contributed by atoms with Crippen LogP contribution in [0.1, 0.15) is 40.1 Å². The van der Waals surface area contributed by atoms with Gasteiger partial charge < -0.3 is 10.0 Å². The molecule has 0 saturated carbocycles. The number of carbonyl (C=O) groups is 2. The Bertz CT molecular complexity index is 436. The Kier molecular flexibility index (Phi) is 3.42. The average molecular weight is 254 g/mol. The Hall–Kier alpha value is -1.43. The van der Waals surface area contributed by atoms with Gasteiger partial charge >= 0.3 is 5.97 Å². The average Bonchev–Trinajstić information content (AvgIpc) is 2.78. The molecule has 1 amide bonds. The smallest absolute Gasteiger partial charge is 0.355 e. The highest BCUT2D eigenvalue weighted by atomic mass is 32.1. The Morgan fingerprint density at radius 2 is 2.12 bits per heavy atom. The predicted molar refractivity (Wildman–Crippen MR) is 63.4 cm³/mol. The zero-order chi connectivity index (χ0) is 12.4. The largest absolute Gasteiger partial charge is 0.476 e. The van der Waals surface area contributed by atoms with Crippen LogP contribution in [0.25, 0.3) is 0 Å². The topological polar surface area (TPSA) is 70.5 Å². The summed E-state index contributed by atoms with van der Waals surface area (Å²) < 4.78 is 0. The molecule has 92 valence electrons. The van der Waals surface area contributed by atoms with Crippen molar-refractivity contribution in [3.63, 3.8) is 0 Å². The maximum absolute atomic E-state index is 12.0. The number of thiazole rings is 1. The van der Waals surface area contributed by atoms with Crippen LogP contribution in [-0.4, -0.2) is 40.0 Å². The molecule has 1 aromatic heterocycles. The summed E-state index contributed by atoms with van der Waals surface area (Å²) in [5.74, 6) is -0.577. The molecule has 1 aromatic rings. The lowest BCUT2D eigenvalue weighted by molar-refractivity contribution is 0.0689. The summed E-state index contributed by atoms with van der Waals surface area (Å²) in [6.45, 7) is 3.65. The Balaban J connectivity index is 2.06. The van der Waals surface area contributed by atoms with Gasteiger partial charge in [0.25, 0.3) is 5.91 Å². The number of nitrogens with zero attached hydrogens (tertiary/aromatic N) is 2. The molecule has 0 aliphatic carbocycles. The zero-order valence-corrected chi connectivity index (χ0v) is 10.4. The first-order valence-corrected chi connectivity index (χ1v) is 6.44. The molecule has 0 atom stereocenters. The highest BCUT2D eigenvalue weighted by Gasteiger charge is 2.24. The summed E-state index contributed by atoms with van der Waals surface area (Å²) in [4.78, 5) is 28.3. The van der Waals surface area contributed by atoms with Crippen molar-refractivity contribution in [2.24, 2.45) is 5.92 Å². The summed E-state index contributed by atoms with van der Waals surface area (Å²) >= 11 is 1.10. The molecule has 5 nitrogen and oxygen atoms in total. The highest BCUT2D eigenvalue weighted by Crippen LogP contribution is 2.19. The molecule has 1 saturated heterocycles. The molecule has 0 bridgehead atoms. The zero-order valence-electron chi connectivity index (χ0n) is 9.55. The SMILES string of the molecule is CC1CCN(C(=O)c2nc(C(=O)O)cs2)CC1. The van der Waals surface area contributed by atoms with Crippen LogP contribution >= 0.6 is 11.3 Å². The summed E-state index contributed by atoms with van der Waals surface area (Å²) in [6, 6.07) is 0. The number of carboxylic acid groups (broad SMARTS) is 1. The fourth-order valence-electron chi connectivity index (χ4n) is 1.82. The third kappa shape index (κ3) is 2.63. The highest BCUT2D eigenvalue weighted by molar-refractivity contribution is 7.11. The lowest BCUT2D eigenvalue weighted by Crippen LogP contribution is -2.37. The molecule has 0 radical (unpaired) electrons. The van der Waals surface area contributed by atoms with E-state index in [4.69, 9.17) is 5.11 Å². The van der Waals surface area contributed by atoms with E-state index >= 15 is 0 Å². The number of hydrogen-bond donors (Lipinski definition) is 1. The lowest BCUT2D eigenvalue weighted by atomic mass is 9.99. The summed E-state index contributed by atoms with van der Waals surface area (Å²) in [6.07, 6.45) is 2.01. The molecule has 2 rings (SSSR count). The third-order valence-electron chi connectivity index (χ3n) is 2.98. The normalized spacial score (nSPS) is 17.1. The third-order valence-corrected chi connectivity index (χ3v) is 3.81. The van der Waals surface area contributed by atoms with E-state index in [0.29, 0.717) is 5.92 Å². The van der Waals surface area contributed by atoms with Crippen LogP contribution < -0.4 is 0 Å². The molecular weight excluding hydrogens is 240 g/mol. The van der Waals surface area contributed by atoms with Crippen LogP contribution in [0, 0.1) is 5.92 Å². The second-order valence-electron chi connectivity index (χ2n) is 4.32. The standard InChI is InChI=1S/C11H14N2O3S/c1-7-2-4-13(5-3-7)10(14)9-12-8(6-17-9)11(15)16/h6-7H,2-5H2,1H3,(H,15,16). The maximum Gasteiger partial charge on any atom is 0.355 e. The van der Waals surface area contributed by atoms with E-state index in [-0.39, 0.29) is 16.6 Å². The van der Waals surface area contributed by atoms with Gasteiger partial charge in [-0.05, 0) is 18.8 Å². The number of aromatic nitrogens is 1. The first kappa shape index (κ1) is 12.0. The molecule has 0 aromatic carbocycles. The number of hydrogen-bond acceptors (Lipinski definition) is 4. The number of piperidine rings is 1. The van der Waals surface area contributed by atoms with E-state index in [1.54, 1.807) is 4.90 Å². The number of likely N-dealkylation sites (tertiary alicyclic amines) is 1. The van der Waals surface area contributed by atoms with E-state index in [1.165, 1.54) is 5.38 Å². The number of amides is 1. The Morgan fingerprint density at radius 1 is 1.47 bits per heavy atom. The number of aromatic carboxylic acids is 1.